The summed E-state index contributed by atoms with van der Waals surface area (Å²) in [7, 11) is 0. The molecule has 1 aliphatic heterocycles. The van der Waals surface area contributed by atoms with Crippen molar-refractivity contribution in [3.8, 4) is 0 Å². The van der Waals surface area contributed by atoms with Crippen molar-refractivity contribution in [2.45, 2.75) is 36.7 Å². The summed E-state index contributed by atoms with van der Waals surface area (Å²) in [5.74, 6) is 2.42. The molecule has 0 unspecified atom stereocenters. The molecule has 2 aliphatic rings. The Labute approximate surface area is 101 Å². The molecule has 1 aromatic carbocycles. The second-order valence-electron chi connectivity index (χ2n) is 5.00. The molecular weight excluding hydrogens is 216 g/mol. The van der Waals surface area contributed by atoms with E-state index in [1.807, 2.05) is 17.8 Å². The SMILES string of the molecule is O[C@H]1c2ccccc2SC[C@H]2CCCC[C@@H]21. The van der Waals surface area contributed by atoms with Crippen molar-refractivity contribution in [1.82, 2.24) is 0 Å². The van der Waals surface area contributed by atoms with E-state index in [0.29, 0.717) is 5.92 Å². The minimum atomic E-state index is -0.225. The number of thioether (sulfide) groups is 1. The van der Waals surface area contributed by atoms with Crippen LogP contribution in [0.4, 0.5) is 0 Å². The van der Waals surface area contributed by atoms with Crippen LogP contribution >= 0.6 is 11.8 Å². The van der Waals surface area contributed by atoms with E-state index < -0.39 is 0 Å². The third-order valence-corrected chi connectivity index (χ3v) is 5.34. The van der Waals surface area contributed by atoms with Crippen LogP contribution in [-0.2, 0) is 0 Å². The first-order valence-electron chi connectivity index (χ1n) is 6.26. The van der Waals surface area contributed by atoms with Crippen molar-refractivity contribution in [2.75, 3.05) is 5.75 Å². The summed E-state index contributed by atoms with van der Waals surface area (Å²) >= 11 is 1.94. The molecule has 1 heterocycles. The summed E-state index contributed by atoms with van der Waals surface area (Å²) < 4.78 is 0. The zero-order valence-electron chi connectivity index (χ0n) is 9.43. The Balaban J connectivity index is 1.96. The largest absolute Gasteiger partial charge is 0.388 e. The van der Waals surface area contributed by atoms with Gasteiger partial charge in [-0.1, -0.05) is 31.0 Å². The van der Waals surface area contributed by atoms with Crippen molar-refractivity contribution >= 4 is 11.8 Å². The van der Waals surface area contributed by atoms with E-state index >= 15 is 0 Å². The fourth-order valence-corrected chi connectivity index (χ4v) is 4.48. The van der Waals surface area contributed by atoms with Gasteiger partial charge in [-0.15, -0.1) is 11.8 Å². The highest BCUT2D eigenvalue weighted by Crippen LogP contribution is 2.46. The zero-order valence-corrected chi connectivity index (χ0v) is 10.2. The maximum Gasteiger partial charge on any atom is 0.0831 e. The lowest BCUT2D eigenvalue weighted by Gasteiger charge is -2.32. The number of aliphatic hydroxyl groups is 1. The normalized spacial score (nSPS) is 33.7. The van der Waals surface area contributed by atoms with Gasteiger partial charge in [-0.25, -0.2) is 0 Å². The molecule has 0 saturated heterocycles. The third kappa shape index (κ3) is 1.78. The van der Waals surface area contributed by atoms with Crippen LogP contribution in [-0.4, -0.2) is 10.9 Å². The first-order chi connectivity index (χ1) is 7.86. The van der Waals surface area contributed by atoms with Gasteiger partial charge in [0.1, 0.15) is 0 Å². The van der Waals surface area contributed by atoms with Gasteiger partial charge in [-0.2, -0.15) is 0 Å². The molecule has 1 nitrogen and oxygen atoms in total. The minimum Gasteiger partial charge on any atom is -0.388 e. The third-order valence-electron chi connectivity index (χ3n) is 4.06. The number of hydrogen-bond acceptors (Lipinski definition) is 2. The van der Waals surface area contributed by atoms with E-state index in [0.717, 1.165) is 5.92 Å². The van der Waals surface area contributed by atoms with Crippen molar-refractivity contribution < 1.29 is 5.11 Å². The van der Waals surface area contributed by atoms with E-state index in [9.17, 15) is 5.11 Å². The van der Waals surface area contributed by atoms with E-state index in [-0.39, 0.29) is 6.10 Å². The summed E-state index contributed by atoms with van der Waals surface area (Å²) in [4.78, 5) is 1.30. The van der Waals surface area contributed by atoms with Crippen molar-refractivity contribution in [2.24, 2.45) is 11.8 Å². The zero-order chi connectivity index (χ0) is 11.0. The van der Waals surface area contributed by atoms with Gasteiger partial charge in [0.2, 0.25) is 0 Å². The molecule has 3 atom stereocenters. The number of hydrogen-bond donors (Lipinski definition) is 1. The quantitative estimate of drug-likeness (QED) is 0.739. The molecule has 1 fully saturated rings. The van der Waals surface area contributed by atoms with Crippen LogP contribution in [0.3, 0.4) is 0 Å². The molecule has 1 aliphatic carbocycles. The molecule has 3 rings (SSSR count). The van der Waals surface area contributed by atoms with E-state index in [4.69, 9.17) is 0 Å². The monoisotopic (exact) mass is 234 g/mol. The smallest absolute Gasteiger partial charge is 0.0831 e. The predicted octanol–water partition coefficient (Wildman–Crippen LogP) is 3.63. The van der Waals surface area contributed by atoms with Gasteiger partial charge < -0.3 is 5.11 Å². The predicted molar refractivity (Wildman–Crippen MR) is 67.6 cm³/mol. The number of rotatable bonds is 0. The summed E-state index contributed by atoms with van der Waals surface area (Å²) in [6.07, 6.45) is 4.94. The van der Waals surface area contributed by atoms with Crippen LogP contribution in [0.15, 0.2) is 29.2 Å². The molecule has 0 spiro atoms. The van der Waals surface area contributed by atoms with Gasteiger partial charge in [-0.05, 0) is 36.3 Å². The summed E-state index contributed by atoms with van der Waals surface area (Å²) in [5.41, 5.74) is 1.17. The topological polar surface area (TPSA) is 20.2 Å². The highest BCUT2D eigenvalue weighted by atomic mass is 32.2. The lowest BCUT2D eigenvalue weighted by atomic mass is 9.75. The van der Waals surface area contributed by atoms with Gasteiger partial charge in [-0.3, -0.25) is 0 Å². The van der Waals surface area contributed by atoms with Crippen molar-refractivity contribution in [3.63, 3.8) is 0 Å². The standard InChI is InChI=1S/C14H18OS/c15-14-11-6-2-1-5-10(11)9-16-13-8-4-3-7-12(13)14/h3-4,7-8,10-11,14-15H,1-2,5-6,9H2/t10-,11+,14-/m1/s1. The molecule has 86 valence electrons. The van der Waals surface area contributed by atoms with E-state index in [1.54, 1.807) is 0 Å². The van der Waals surface area contributed by atoms with Crippen LogP contribution in [0.25, 0.3) is 0 Å². The number of benzene rings is 1. The molecule has 0 bridgehead atoms. The Bertz CT molecular complexity index is 377. The molecule has 0 radical (unpaired) electrons. The summed E-state index contributed by atoms with van der Waals surface area (Å²) in [5, 5.41) is 10.5. The van der Waals surface area contributed by atoms with Gasteiger partial charge in [0.15, 0.2) is 0 Å². The van der Waals surface area contributed by atoms with E-state index in [1.165, 1.54) is 41.9 Å². The fraction of sp³-hybridized carbons (Fsp3) is 0.571. The van der Waals surface area contributed by atoms with Crippen LogP contribution in [0.5, 0.6) is 0 Å². The first kappa shape index (κ1) is 10.7. The van der Waals surface area contributed by atoms with Crippen LogP contribution in [0.1, 0.15) is 37.4 Å². The lowest BCUT2D eigenvalue weighted by molar-refractivity contribution is 0.0543. The van der Waals surface area contributed by atoms with Crippen molar-refractivity contribution in [3.05, 3.63) is 29.8 Å². The molecule has 1 N–H and O–H groups in total. The Kier molecular flexibility index (Phi) is 2.95. The molecule has 1 saturated carbocycles. The number of aliphatic hydroxyl groups excluding tert-OH is 1. The molecule has 2 heteroatoms. The Morgan fingerprint density at radius 1 is 1.12 bits per heavy atom. The highest BCUT2D eigenvalue weighted by Gasteiger charge is 2.34. The molecular formula is C14H18OS. The van der Waals surface area contributed by atoms with Gasteiger partial charge in [0, 0.05) is 10.6 Å². The fourth-order valence-electron chi connectivity index (χ4n) is 3.14. The van der Waals surface area contributed by atoms with Gasteiger partial charge in [0.25, 0.3) is 0 Å². The highest BCUT2D eigenvalue weighted by molar-refractivity contribution is 7.99. The van der Waals surface area contributed by atoms with Crippen molar-refractivity contribution in [1.29, 1.82) is 0 Å². The maximum atomic E-state index is 10.5. The molecule has 0 aromatic heterocycles. The van der Waals surface area contributed by atoms with Crippen LogP contribution in [0.2, 0.25) is 0 Å². The summed E-state index contributed by atoms with van der Waals surface area (Å²) in [6, 6.07) is 8.38. The average Bonchev–Trinajstić information content (AvgIpc) is 2.49. The van der Waals surface area contributed by atoms with Gasteiger partial charge >= 0.3 is 0 Å². The number of fused-ring (bicyclic) bond motifs is 2. The molecule has 1 aromatic rings. The van der Waals surface area contributed by atoms with Gasteiger partial charge in [0.05, 0.1) is 6.10 Å². The average molecular weight is 234 g/mol. The molecule has 16 heavy (non-hydrogen) atoms. The van der Waals surface area contributed by atoms with E-state index in [2.05, 4.69) is 18.2 Å². The lowest BCUT2D eigenvalue weighted by Crippen LogP contribution is -2.25. The Morgan fingerprint density at radius 3 is 2.88 bits per heavy atom. The van der Waals surface area contributed by atoms with Crippen LogP contribution in [0, 0.1) is 11.8 Å². The summed E-state index contributed by atoms with van der Waals surface area (Å²) in [6.45, 7) is 0. The second kappa shape index (κ2) is 4.42. The Morgan fingerprint density at radius 2 is 1.94 bits per heavy atom. The minimum absolute atomic E-state index is 0.225. The molecule has 0 amide bonds. The second-order valence-corrected chi connectivity index (χ2v) is 6.06. The van der Waals surface area contributed by atoms with Crippen LogP contribution < -0.4 is 0 Å². The Hall–Kier alpha value is -0.470. The first-order valence-corrected chi connectivity index (χ1v) is 7.24. The maximum absolute atomic E-state index is 10.5.